The molecule has 0 radical (unpaired) electrons. The summed E-state index contributed by atoms with van der Waals surface area (Å²) in [5.74, 6) is -0.608. The summed E-state index contributed by atoms with van der Waals surface area (Å²) in [6.07, 6.45) is -4.85. The third-order valence-electron chi connectivity index (χ3n) is 1.67. The lowest BCUT2D eigenvalue weighted by Gasteiger charge is -2.13. The van der Waals surface area contributed by atoms with E-state index in [-0.39, 0.29) is 5.46 Å². The van der Waals surface area contributed by atoms with Gasteiger partial charge in [0.25, 0.3) is 0 Å². The van der Waals surface area contributed by atoms with Gasteiger partial charge in [-0.25, -0.2) is 0 Å². The van der Waals surface area contributed by atoms with Gasteiger partial charge < -0.3 is 14.8 Å². The minimum atomic E-state index is -4.85. The molecule has 82 valence electrons. The first-order valence-electron chi connectivity index (χ1n) is 4.02. The molecule has 0 fully saturated rings. The van der Waals surface area contributed by atoms with Gasteiger partial charge in [0.2, 0.25) is 0 Å². The zero-order valence-corrected chi connectivity index (χ0v) is 7.75. The predicted molar refractivity (Wildman–Crippen MR) is 47.7 cm³/mol. The molecule has 0 aliphatic heterocycles. The molecular weight excluding hydrogens is 212 g/mol. The van der Waals surface area contributed by atoms with Crippen LogP contribution in [0.1, 0.15) is 5.56 Å². The fourth-order valence-electron chi connectivity index (χ4n) is 1.09. The number of hydrogen-bond donors (Lipinski definition) is 2. The molecule has 0 aliphatic carbocycles. The molecule has 3 nitrogen and oxygen atoms in total. The maximum Gasteiger partial charge on any atom is 0.573 e. The summed E-state index contributed by atoms with van der Waals surface area (Å²) in [7, 11) is -2.00. The molecule has 0 heterocycles. The molecule has 0 saturated heterocycles. The van der Waals surface area contributed by atoms with Gasteiger partial charge in [0.15, 0.2) is 0 Å². The van der Waals surface area contributed by atoms with E-state index in [9.17, 15) is 13.2 Å². The predicted octanol–water partition coefficient (Wildman–Crippen LogP) is 0.573. The second-order valence-electron chi connectivity index (χ2n) is 2.96. The standard InChI is InChI=1S/C8H8BF3O3/c1-5-2-3-7(15-8(10,11)12)6(4-5)9(13)14/h2-4,13-14H,1H3. The molecule has 1 aromatic rings. The van der Waals surface area contributed by atoms with Crippen molar-refractivity contribution in [3.05, 3.63) is 23.8 Å². The Kier molecular flexibility index (Phi) is 3.26. The van der Waals surface area contributed by atoms with Gasteiger partial charge in [0.05, 0.1) is 0 Å². The Balaban J connectivity index is 3.06. The summed E-state index contributed by atoms with van der Waals surface area (Å²) in [6, 6.07) is 3.64. The number of rotatable bonds is 2. The number of halogens is 3. The van der Waals surface area contributed by atoms with E-state index in [1.807, 2.05) is 0 Å². The Morgan fingerprint density at radius 3 is 2.33 bits per heavy atom. The van der Waals surface area contributed by atoms with Gasteiger partial charge in [-0.05, 0) is 13.0 Å². The van der Waals surface area contributed by atoms with Crippen LogP contribution in [0.4, 0.5) is 13.2 Å². The molecular formula is C8H8BF3O3. The summed E-state index contributed by atoms with van der Waals surface area (Å²) in [6.45, 7) is 1.61. The third-order valence-corrected chi connectivity index (χ3v) is 1.67. The van der Waals surface area contributed by atoms with Crippen LogP contribution in [0.25, 0.3) is 0 Å². The highest BCUT2D eigenvalue weighted by Crippen LogP contribution is 2.21. The van der Waals surface area contributed by atoms with Crippen molar-refractivity contribution in [3.63, 3.8) is 0 Å². The van der Waals surface area contributed by atoms with E-state index in [4.69, 9.17) is 10.0 Å². The number of benzene rings is 1. The smallest absolute Gasteiger partial charge is 0.423 e. The Bertz CT molecular complexity index is 351. The van der Waals surface area contributed by atoms with Crippen molar-refractivity contribution < 1.29 is 28.0 Å². The average Bonchev–Trinajstić information content (AvgIpc) is 2.05. The molecule has 0 bridgehead atoms. The Hall–Kier alpha value is -1.21. The van der Waals surface area contributed by atoms with Crippen molar-refractivity contribution in [2.24, 2.45) is 0 Å². The SMILES string of the molecule is Cc1ccc(OC(F)(F)F)c(B(O)O)c1. The normalized spacial score (nSPS) is 11.3. The van der Waals surface area contributed by atoms with E-state index in [2.05, 4.69) is 4.74 Å². The molecule has 0 aliphatic rings. The van der Waals surface area contributed by atoms with Gasteiger partial charge in [-0.3, -0.25) is 0 Å². The molecule has 2 N–H and O–H groups in total. The minimum absolute atomic E-state index is 0.313. The summed E-state index contributed by atoms with van der Waals surface area (Å²) in [5, 5.41) is 17.7. The molecule has 0 amide bonds. The first-order valence-corrected chi connectivity index (χ1v) is 4.02. The molecule has 0 unspecified atom stereocenters. The summed E-state index contributed by atoms with van der Waals surface area (Å²) in [4.78, 5) is 0. The van der Waals surface area contributed by atoms with Gasteiger partial charge >= 0.3 is 13.5 Å². The summed E-state index contributed by atoms with van der Waals surface area (Å²) in [5.41, 5.74) is 0.292. The van der Waals surface area contributed by atoms with E-state index in [0.717, 1.165) is 6.07 Å². The van der Waals surface area contributed by atoms with Gasteiger partial charge in [0, 0.05) is 5.46 Å². The lowest BCUT2D eigenvalue weighted by Crippen LogP contribution is -2.33. The van der Waals surface area contributed by atoms with Crippen LogP contribution >= 0.6 is 0 Å². The van der Waals surface area contributed by atoms with Gasteiger partial charge in [-0.1, -0.05) is 17.7 Å². The monoisotopic (exact) mass is 220 g/mol. The van der Waals surface area contributed by atoms with Crippen LogP contribution in [0.15, 0.2) is 18.2 Å². The highest BCUT2D eigenvalue weighted by molar-refractivity contribution is 6.59. The lowest BCUT2D eigenvalue weighted by molar-refractivity contribution is -0.274. The van der Waals surface area contributed by atoms with E-state index in [0.29, 0.717) is 5.56 Å². The molecule has 1 rings (SSSR count). The fraction of sp³-hybridized carbons (Fsp3) is 0.250. The second kappa shape index (κ2) is 4.12. The second-order valence-corrected chi connectivity index (χ2v) is 2.96. The zero-order chi connectivity index (χ0) is 11.6. The fourth-order valence-corrected chi connectivity index (χ4v) is 1.09. The molecule has 1 aromatic carbocycles. The quantitative estimate of drug-likeness (QED) is 0.716. The topological polar surface area (TPSA) is 49.7 Å². The van der Waals surface area contributed by atoms with E-state index in [1.54, 1.807) is 6.92 Å². The minimum Gasteiger partial charge on any atom is -0.423 e. The van der Waals surface area contributed by atoms with Gasteiger partial charge in [-0.2, -0.15) is 0 Å². The number of ether oxygens (including phenoxy) is 1. The van der Waals surface area contributed by atoms with Crippen LogP contribution < -0.4 is 10.2 Å². The van der Waals surface area contributed by atoms with Crippen molar-refractivity contribution in [2.45, 2.75) is 13.3 Å². The first-order chi connectivity index (χ1) is 6.79. The highest BCUT2D eigenvalue weighted by atomic mass is 19.4. The molecule has 7 heteroatoms. The third kappa shape index (κ3) is 3.45. The summed E-state index contributed by atoms with van der Waals surface area (Å²) >= 11 is 0. The Labute approximate surface area is 84.3 Å². The molecule has 15 heavy (non-hydrogen) atoms. The van der Waals surface area contributed by atoms with E-state index < -0.39 is 19.2 Å². The van der Waals surface area contributed by atoms with Gasteiger partial charge in [-0.15, -0.1) is 13.2 Å². The maximum atomic E-state index is 11.9. The Morgan fingerprint density at radius 1 is 1.27 bits per heavy atom. The van der Waals surface area contributed by atoms with Crippen LogP contribution in [-0.4, -0.2) is 23.5 Å². The highest BCUT2D eigenvalue weighted by Gasteiger charge is 2.33. The maximum absolute atomic E-state index is 11.9. The van der Waals surface area contributed by atoms with Crippen LogP contribution in [0, 0.1) is 6.92 Å². The molecule has 0 spiro atoms. The lowest BCUT2D eigenvalue weighted by atomic mass is 9.79. The Morgan fingerprint density at radius 2 is 1.87 bits per heavy atom. The van der Waals surface area contributed by atoms with E-state index >= 15 is 0 Å². The number of alkyl halides is 3. The van der Waals surface area contributed by atoms with Gasteiger partial charge in [0.1, 0.15) is 5.75 Å². The van der Waals surface area contributed by atoms with Crippen molar-refractivity contribution in [2.75, 3.05) is 0 Å². The molecule has 0 aromatic heterocycles. The van der Waals surface area contributed by atoms with Crippen molar-refractivity contribution in [1.29, 1.82) is 0 Å². The van der Waals surface area contributed by atoms with Crippen molar-refractivity contribution in [1.82, 2.24) is 0 Å². The average molecular weight is 220 g/mol. The largest absolute Gasteiger partial charge is 0.573 e. The summed E-state index contributed by atoms with van der Waals surface area (Å²) < 4.78 is 39.3. The van der Waals surface area contributed by atoms with Crippen LogP contribution in [0.5, 0.6) is 5.75 Å². The van der Waals surface area contributed by atoms with E-state index in [1.165, 1.54) is 12.1 Å². The molecule has 0 saturated carbocycles. The van der Waals surface area contributed by atoms with Crippen LogP contribution in [0.3, 0.4) is 0 Å². The zero-order valence-electron chi connectivity index (χ0n) is 7.75. The first kappa shape index (κ1) is 11.9. The van der Waals surface area contributed by atoms with Crippen LogP contribution in [-0.2, 0) is 0 Å². The van der Waals surface area contributed by atoms with Crippen LogP contribution in [0.2, 0.25) is 0 Å². The van der Waals surface area contributed by atoms with Crippen molar-refractivity contribution in [3.8, 4) is 5.75 Å². The number of aryl methyl sites for hydroxylation is 1. The number of hydrogen-bond acceptors (Lipinski definition) is 3. The molecule has 0 atom stereocenters. The van der Waals surface area contributed by atoms with Crippen molar-refractivity contribution >= 4 is 12.6 Å².